The molecule has 2 aromatic carbocycles. The highest BCUT2D eigenvalue weighted by molar-refractivity contribution is 7.16. The molecule has 1 heterocycles. The molecule has 3 rings (SSSR count). The highest BCUT2D eigenvalue weighted by Crippen LogP contribution is 2.31. The Kier molecular flexibility index (Phi) is 6.44. The number of nitrogens with one attached hydrogen (secondary N) is 1. The molecule has 28 heavy (non-hydrogen) atoms. The van der Waals surface area contributed by atoms with Crippen LogP contribution in [0.5, 0.6) is 5.75 Å². The molecule has 0 saturated carbocycles. The standard InChI is InChI=1S/C21H19ClN2O3S/c1-3-18(25)14-6-10-17(11-7-14)27-12-19(26)23-21-24-20(13(2)28-21)15-4-8-16(22)9-5-15/h4-11H,3,12H2,1-2H3,(H,23,24,26). The van der Waals surface area contributed by atoms with Gasteiger partial charge in [-0.3, -0.25) is 14.9 Å². The van der Waals surface area contributed by atoms with E-state index in [0.717, 1.165) is 16.1 Å². The number of Topliss-reactive ketones (excluding diaryl/α,β-unsaturated/α-hetero) is 1. The number of carbonyl (C=O) groups excluding carboxylic acids is 2. The smallest absolute Gasteiger partial charge is 0.264 e. The van der Waals surface area contributed by atoms with E-state index in [1.807, 2.05) is 26.0 Å². The maximum absolute atomic E-state index is 12.2. The Labute approximate surface area is 172 Å². The third-order valence-corrected chi connectivity index (χ3v) is 5.17. The number of ether oxygens (including phenoxy) is 1. The van der Waals surface area contributed by atoms with E-state index in [1.165, 1.54) is 11.3 Å². The lowest BCUT2D eigenvalue weighted by molar-refractivity contribution is -0.118. The Morgan fingerprint density at radius 2 is 1.79 bits per heavy atom. The topological polar surface area (TPSA) is 68.3 Å². The van der Waals surface area contributed by atoms with Gasteiger partial charge in [-0.1, -0.05) is 30.7 Å². The van der Waals surface area contributed by atoms with Crippen LogP contribution in [0.4, 0.5) is 5.13 Å². The van der Waals surface area contributed by atoms with E-state index in [9.17, 15) is 9.59 Å². The van der Waals surface area contributed by atoms with Crippen LogP contribution in [-0.4, -0.2) is 23.3 Å². The molecule has 3 aromatic rings. The van der Waals surface area contributed by atoms with Gasteiger partial charge >= 0.3 is 0 Å². The van der Waals surface area contributed by atoms with Crippen molar-refractivity contribution in [2.24, 2.45) is 0 Å². The minimum Gasteiger partial charge on any atom is -0.484 e. The van der Waals surface area contributed by atoms with Crippen LogP contribution in [0, 0.1) is 6.92 Å². The molecule has 0 fully saturated rings. The van der Waals surface area contributed by atoms with Crippen molar-refractivity contribution in [3.63, 3.8) is 0 Å². The van der Waals surface area contributed by atoms with Crippen molar-refractivity contribution in [2.75, 3.05) is 11.9 Å². The van der Waals surface area contributed by atoms with E-state index in [-0.39, 0.29) is 18.3 Å². The second kappa shape index (κ2) is 8.99. The predicted molar refractivity (Wildman–Crippen MR) is 112 cm³/mol. The van der Waals surface area contributed by atoms with E-state index >= 15 is 0 Å². The fourth-order valence-corrected chi connectivity index (χ4v) is 3.55. The van der Waals surface area contributed by atoms with Crippen LogP contribution in [-0.2, 0) is 4.79 Å². The number of benzene rings is 2. The van der Waals surface area contributed by atoms with Gasteiger partial charge in [0.25, 0.3) is 5.91 Å². The summed E-state index contributed by atoms with van der Waals surface area (Å²) in [7, 11) is 0. The molecule has 0 spiro atoms. The molecular weight excluding hydrogens is 396 g/mol. The van der Waals surface area contributed by atoms with Crippen LogP contribution in [0.1, 0.15) is 28.6 Å². The maximum atomic E-state index is 12.2. The van der Waals surface area contributed by atoms with Gasteiger partial charge in [0.1, 0.15) is 5.75 Å². The van der Waals surface area contributed by atoms with E-state index in [0.29, 0.717) is 27.9 Å². The summed E-state index contributed by atoms with van der Waals surface area (Å²) in [6, 6.07) is 14.2. The first kappa shape index (κ1) is 20.0. The van der Waals surface area contributed by atoms with Crippen molar-refractivity contribution in [1.82, 2.24) is 4.98 Å². The number of aromatic nitrogens is 1. The Hall–Kier alpha value is -2.70. The molecule has 7 heteroatoms. The minimum atomic E-state index is -0.301. The van der Waals surface area contributed by atoms with Crippen LogP contribution in [0.15, 0.2) is 48.5 Å². The number of carbonyl (C=O) groups is 2. The average Bonchev–Trinajstić information content (AvgIpc) is 3.06. The number of hydrogen-bond donors (Lipinski definition) is 1. The number of amides is 1. The number of halogens is 1. The van der Waals surface area contributed by atoms with Gasteiger partial charge in [-0.2, -0.15) is 0 Å². The highest BCUT2D eigenvalue weighted by Gasteiger charge is 2.13. The molecule has 144 valence electrons. The number of nitrogens with zero attached hydrogens (tertiary/aromatic N) is 1. The van der Waals surface area contributed by atoms with Crippen molar-refractivity contribution >= 4 is 39.8 Å². The fourth-order valence-electron chi connectivity index (χ4n) is 2.57. The molecule has 1 N–H and O–H groups in total. The molecule has 0 radical (unpaired) electrons. The van der Waals surface area contributed by atoms with Crippen molar-refractivity contribution < 1.29 is 14.3 Å². The average molecular weight is 415 g/mol. The van der Waals surface area contributed by atoms with Crippen molar-refractivity contribution in [3.05, 3.63) is 64.0 Å². The fraction of sp³-hybridized carbons (Fsp3) is 0.190. The Morgan fingerprint density at radius 3 is 2.43 bits per heavy atom. The number of thiazole rings is 1. The zero-order valence-electron chi connectivity index (χ0n) is 15.5. The van der Waals surface area contributed by atoms with Gasteiger partial charge < -0.3 is 4.74 Å². The Balaban J connectivity index is 1.58. The van der Waals surface area contributed by atoms with Crippen LogP contribution < -0.4 is 10.1 Å². The summed E-state index contributed by atoms with van der Waals surface area (Å²) in [6.45, 7) is 3.62. The second-order valence-corrected chi connectivity index (χ2v) is 7.71. The third kappa shape index (κ3) is 4.97. The number of anilines is 1. The number of aryl methyl sites for hydroxylation is 1. The van der Waals surface area contributed by atoms with Gasteiger partial charge in [0.05, 0.1) is 5.69 Å². The van der Waals surface area contributed by atoms with Gasteiger partial charge in [-0.25, -0.2) is 4.98 Å². The van der Waals surface area contributed by atoms with E-state index in [2.05, 4.69) is 10.3 Å². The van der Waals surface area contributed by atoms with Crippen molar-refractivity contribution in [1.29, 1.82) is 0 Å². The number of ketones is 1. The quantitative estimate of drug-likeness (QED) is 0.527. The Morgan fingerprint density at radius 1 is 1.11 bits per heavy atom. The zero-order valence-corrected chi connectivity index (χ0v) is 17.1. The molecule has 0 aliphatic rings. The normalized spacial score (nSPS) is 10.5. The zero-order chi connectivity index (χ0) is 20.1. The van der Waals surface area contributed by atoms with E-state index in [4.69, 9.17) is 16.3 Å². The summed E-state index contributed by atoms with van der Waals surface area (Å²) in [4.78, 5) is 29.3. The molecule has 5 nitrogen and oxygen atoms in total. The molecule has 0 atom stereocenters. The third-order valence-electron chi connectivity index (χ3n) is 4.03. The SMILES string of the molecule is CCC(=O)c1ccc(OCC(=O)Nc2nc(-c3ccc(Cl)cc3)c(C)s2)cc1. The van der Waals surface area contributed by atoms with Crippen LogP contribution in [0.3, 0.4) is 0 Å². The molecule has 0 aliphatic heterocycles. The summed E-state index contributed by atoms with van der Waals surface area (Å²) in [6.07, 6.45) is 0.452. The van der Waals surface area contributed by atoms with Crippen molar-refractivity contribution in [2.45, 2.75) is 20.3 Å². The molecule has 1 amide bonds. The highest BCUT2D eigenvalue weighted by atomic mass is 35.5. The minimum absolute atomic E-state index is 0.0694. The first-order chi connectivity index (χ1) is 13.5. The van der Waals surface area contributed by atoms with Crippen LogP contribution in [0.2, 0.25) is 5.02 Å². The monoisotopic (exact) mass is 414 g/mol. The van der Waals surface area contributed by atoms with Gasteiger partial charge in [-0.15, -0.1) is 11.3 Å². The van der Waals surface area contributed by atoms with Crippen molar-refractivity contribution in [3.8, 4) is 17.0 Å². The van der Waals surface area contributed by atoms with E-state index in [1.54, 1.807) is 36.4 Å². The van der Waals surface area contributed by atoms with Crippen LogP contribution in [0.25, 0.3) is 11.3 Å². The van der Waals surface area contributed by atoms with Gasteiger partial charge in [0.15, 0.2) is 17.5 Å². The number of hydrogen-bond acceptors (Lipinski definition) is 5. The first-order valence-electron chi connectivity index (χ1n) is 8.75. The summed E-state index contributed by atoms with van der Waals surface area (Å²) in [5.41, 5.74) is 2.39. The summed E-state index contributed by atoms with van der Waals surface area (Å²) in [5, 5.41) is 3.93. The van der Waals surface area contributed by atoms with Crippen LogP contribution >= 0.6 is 22.9 Å². The van der Waals surface area contributed by atoms with Gasteiger partial charge in [0.2, 0.25) is 0 Å². The second-order valence-electron chi connectivity index (χ2n) is 6.07. The van der Waals surface area contributed by atoms with E-state index < -0.39 is 0 Å². The largest absolute Gasteiger partial charge is 0.484 e. The first-order valence-corrected chi connectivity index (χ1v) is 9.95. The summed E-state index contributed by atoms with van der Waals surface area (Å²) >= 11 is 7.33. The lowest BCUT2D eigenvalue weighted by atomic mass is 10.1. The maximum Gasteiger partial charge on any atom is 0.264 e. The van der Waals surface area contributed by atoms with Gasteiger partial charge in [-0.05, 0) is 43.3 Å². The Bertz CT molecular complexity index is 982. The van der Waals surface area contributed by atoms with Gasteiger partial charge in [0, 0.05) is 27.4 Å². The molecule has 0 unspecified atom stereocenters. The molecule has 0 aliphatic carbocycles. The number of rotatable bonds is 7. The molecule has 0 bridgehead atoms. The molecule has 0 saturated heterocycles. The summed E-state index contributed by atoms with van der Waals surface area (Å²) in [5.74, 6) is 0.296. The molecule has 1 aromatic heterocycles. The lowest BCUT2D eigenvalue weighted by Gasteiger charge is -2.06. The molecular formula is C21H19ClN2O3S. The lowest BCUT2D eigenvalue weighted by Crippen LogP contribution is -2.20. The predicted octanol–water partition coefficient (Wildman–Crippen LogP) is 5.38. The summed E-state index contributed by atoms with van der Waals surface area (Å²) < 4.78 is 5.48.